The number of hydrogen-bond acceptors (Lipinski definition) is 8. The molecule has 0 spiro atoms. The molecule has 8 heteroatoms. The molecule has 3 aliphatic rings. The van der Waals surface area contributed by atoms with Crippen molar-refractivity contribution in [2.24, 2.45) is 0 Å². The molecule has 3 heterocycles. The van der Waals surface area contributed by atoms with Gasteiger partial charge in [-0.1, -0.05) is 0 Å². The number of morpholine rings is 1. The summed E-state index contributed by atoms with van der Waals surface area (Å²) in [5, 5.41) is 1.04. The van der Waals surface area contributed by atoms with Crippen LogP contribution in [0.15, 0.2) is 6.33 Å². The highest BCUT2D eigenvalue weighted by atomic mass is 32.1. The molecule has 1 atom stereocenters. The third-order valence-electron chi connectivity index (χ3n) is 6.54. The Bertz CT molecular complexity index is 859. The van der Waals surface area contributed by atoms with E-state index in [-0.39, 0.29) is 12.0 Å². The van der Waals surface area contributed by atoms with E-state index in [1.165, 1.54) is 10.4 Å². The minimum Gasteiger partial charge on any atom is -0.474 e. The monoisotopic (exact) mass is 417 g/mol. The van der Waals surface area contributed by atoms with Gasteiger partial charge in [-0.05, 0) is 44.1 Å². The van der Waals surface area contributed by atoms with Crippen LogP contribution in [0.2, 0.25) is 0 Å². The average molecular weight is 418 g/mol. The fraction of sp³-hybridized carbons (Fsp3) is 0.667. The molecule has 2 fully saturated rings. The van der Waals surface area contributed by atoms with Gasteiger partial charge in [-0.3, -0.25) is 9.69 Å². The Labute approximate surface area is 174 Å². The largest absolute Gasteiger partial charge is 0.474 e. The summed E-state index contributed by atoms with van der Waals surface area (Å²) in [6.07, 6.45) is 8.26. The maximum Gasteiger partial charge on any atom is 0.293 e. The van der Waals surface area contributed by atoms with E-state index in [0.717, 1.165) is 75.0 Å². The van der Waals surface area contributed by atoms with Crippen molar-refractivity contribution in [3.8, 4) is 5.88 Å². The molecule has 1 aliphatic heterocycles. The molecule has 0 N–H and O–H groups in total. The maximum absolute atomic E-state index is 10.7. The van der Waals surface area contributed by atoms with Crippen molar-refractivity contribution in [2.45, 2.75) is 56.6 Å². The zero-order valence-corrected chi connectivity index (χ0v) is 17.4. The smallest absolute Gasteiger partial charge is 0.293 e. The molecule has 29 heavy (non-hydrogen) atoms. The van der Waals surface area contributed by atoms with Crippen LogP contribution in [0.25, 0.3) is 10.2 Å². The fourth-order valence-electron chi connectivity index (χ4n) is 5.08. The minimum atomic E-state index is 0.201. The number of aryl methyl sites for hydroxylation is 1. The molecular formula is C21H27N3O4S. The van der Waals surface area contributed by atoms with Gasteiger partial charge in [-0.25, -0.2) is 9.97 Å². The first-order chi connectivity index (χ1) is 14.3. The molecule has 2 aromatic rings. The number of fused-ring (bicyclic) bond motifs is 3. The number of nitrogens with zero attached hydrogens (tertiary/aromatic N) is 3. The van der Waals surface area contributed by atoms with Gasteiger partial charge in [-0.15, -0.1) is 11.3 Å². The van der Waals surface area contributed by atoms with E-state index in [1.807, 2.05) is 0 Å². The van der Waals surface area contributed by atoms with Crippen LogP contribution in [0.3, 0.4) is 0 Å². The van der Waals surface area contributed by atoms with Gasteiger partial charge in [0.15, 0.2) is 0 Å². The topological polar surface area (TPSA) is 73.8 Å². The van der Waals surface area contributed by atoms with E-state index in [2.05, 4.69) is 14.9 Å². The lowest BCUT2D eigenvalue weighted by Gasteiger charge is -2.38. The van der Waals surface area contributed by atoms with Crippen molar-refractivity contribution in [2.75, 3.05) is 32.9 Å². The molecule has 2 aromatic heterocycles. The first kappa shape index (κ1) is 19.2. The number of aromatic nitrogens is 2. The van der Waals surface area contributed by atoms with Crippen LogP contribution in [0.4, 0.5) is 0 Å². The predicted molar refractivity (Wildman–Crippen MR) is 110 cm³/mol. The van der Waals surface area contributed by atoms with Gasteiger partial charge in [0.25, 0.3) is 6.47 Å². The van der Waals surface area contributed by atoms with Gasteiger partial charge in [-0.2, -0.15) is 0 Å². The summed E-state index contributed by atoms with van der Waals surface area (Å²) < 4.78 is 17.0. The number of ether oxygens (including phenoxy) is 3. The highest BCUT2D eigenvalue weighted by Gasteiger charge is 2.32. The molecule has 5 rings (SSSR count). The summed E-state index contributed by atoms with van der Waals surface area (Å²) in [6.45, 7) is 4.76. The summed E-state index contributed by atoms with van der Waals surface area (Å²) in [6, 6.07) is 0.652. The number of hydrogen-bond donors (Lipinski definition) is 0. The van der Waals surface area contributed by atoms with Crippen LogP contribution in [0.1, 0.15) is 48.5 Å². The Balaban J connectivity index is 1.30. The van der Waals surface area contributed by atoms with Crippen molar-refractivity contribution < 1.29 is 19.0 Å². The first-order valence-corrected chi connectivity index (χ1v) is 11.4. The molecule has 1 saturated heterocycles. The average Bonchev–Trinajstić information content (AvgIpc) is 3.33. The van der Waals surface area contributed by atoms with Gasteiger partial charge in [0.05, 0.1) is 25.2 Å². The standard InChI is InChI=1S/C21H27N3O4S/c25-13-27-11-14-1-6-17-18(14)19-20(22-12-23-21(19)29-17)28-16-4-2-15(3-5-16)24-7-9-26-10-8-24/h12-16H,1-11H2/t14-,15?,16?/m1/s1. The quantitative estimate of drug-likeness (QED) is 0.669. The molecule has 2 aliphatic carbocycles. The molecule has 156 valence electrons. The summed E-state index contributed by atoms with van der Waals surface area (Å²) in [5.74, 6) is 0.926. The van der Waals surface area contributed by atoms with Crippen molar-refractivity contribution >= 4 is 28.0 Å². The fourth-order valence-corrected chi connectivity index (χ4v) is 6.31. The van der Waals surface area contributed by atoms with E-state index in [4.69, 9.17) is 14.2 Å². The minimum absolute atomic E-state index is 0.201. The Morgan fingerprint density at radius 1 is 1.17 bits per heavy atom. The Morgan fingerprint density at radius 2 is 2.00 bits per heavy atom. The van der Waals surface area contributed by atoms with Crippen molar-refractivity contribution in [1.82, 2.24) is 14.9 Å². The van der Waals surface area contributed by atoms with Crippen LogP contribution in [-0.4, -0.2) is 66.4 Å². The lowest BCUT2D eigenvalue weighted by atomic mass is 9.91. The second-order valence-corrected chi connectivity index (χ2v) is 9.24. The first-order valence-electron chi connectivity index (χ1n) is 10.6. The van der Waals surface area contributed by atoms with E-state index >= 15 is 0 Å². The summed E-state index contributed by atoms with van der Waals surface area (Å²) >= 11 is 1.73. The highest BCUT2D eigenvalue weighted by Crippen LogP contribution is 2.46. The molecule has 0 aromatic carbocycles. The molecule has 0 unspecified atom stereocenters. The van der Waals surface area contributed by atoms with Crippen LogP contribution in [-0.2, 0) is 20.7 Å². The van der Waals surface area contributed by atoms with E-state index in [0.29, 0.717) is 25.0 Å². The highest BCUT2D eigenvalue weighted by molar-refractivity contribution is 7.19. The second kappa shape index (κ2) is 8.53. The van der Waals surface area contributed by atoms with Crippen LogP contribution < -0.4 is 4.74 Å². The van der Waals surface area contributed by atoms with Crippen LogP contribution in [0.5, 0.6) is 5.88 Å². The van der Waals surface area contributed by atoms with E-state index in [9.17, 15) is 4.79 Å². The molecule has 0 radical (unpaired) electrons. The number of carbonyl (C=O) groups is 1. The Hall–Kier alpha value is -1.77. The Kier molecular flexibility index (Phi) is 5.65. The van der Waals surface area contributed by atoms with E-state index in [1.54, 1.807) is 17.7 Å². The maximum atomic E-state index is 10.7. The van der Waals surface area contributed by atoms with Crippen molar-refractivity contribution in [1.29, 1.82) is 0 Å². The van der Waals surface area contributed by atoms with E-state index < -0.39 is 0 Å². The molecule has 0 amide bonds. The Morgan fingerprint density at radius 3 is 2.79 bits per heavy atom. The molecule has 1 saturated carbocycles. The van der Waals surface area contributed by atoms with Crippen LogP contribution >= 0.6 is 11.3 Å². The molecular weight excluding hydrogens is 390 g/mol. The molecule has 7 nitrogen and oxygen atoms in total. The summed E-state index contributed by atoms with van der Waals surface area (Å²) in [5.41, 5.74) is 1.24. The van der Waals surface area contributed by atoms with Crippen LogP contribution in [0, 0.1) is 0 Å². The summed E-state index contributed by atoms with van der Waals surface area (Å²) in [4.78, 5) is 24.6. The number of carbonyl (C=O) groups excluding carboxylic acids is 1. The lowest BCUT2D eigenvalue weighted by Crippen LogP contribution is -2.46. The third kappa shape index (κ3) is 3.85. The van der Waals surface area contributed by atoms with Gasteiger partial charge in [0.1, 0.15) is 17.3 Å². The predicted octanol–water partition coefficient (Wildman–Crippen LogP) is 2.92. The number of rotatable bonds is 6. The summed E-state index contributed by atoms with van der Waals surface area (Å²) in [7, 11) is 0. The third-order valence-corrected chi connectivity index (χ3v) is 7.72. The number of thiophene rings is 1. The normalized spacial score (nSPS) is 27.7. The van der Waals surface area contributed by atoms with Gasteiger partial charge in [0, 0.05) is 29.9 Å². The lowest BCUT2D eigenvalue weighted by molar-refractivity contribution is -0.129. The van der Waals surface area contributed by atoms with Gasteiger partial charge in [0.2, 0.25) is 5.88 Å². The second-order valence-electron chi connectivity index (χ2n) is 8.16. The van der Waals surface area contributed by atoms with Gasteiger partial charge < -0.3 is 14.2 Å². The molecule has 0 bridgehead atoms. The van der Waals surface area contributed by atoms with Crippen molar-refractivity contribution in [3.63, 3.8) is 0 Å². The van der Waals surface area contributed by atoms with Crippen molar-refractivity contribution in [3.05, 3.63) is 16.8 Å². The van der Waals surface area contributed by atoms with Gasteiger partial charge >= 0.3 is 0 Å². The zero-order valence-electron chi connectivity index (χ0n) is 16.5. The SMILES string of the molecule is O=COC[C@H]1CCc2sc3ncnc(OC4CCC(N5CCOCC5)CC4)c3c21. The zero-order chi connectivity index (χ0) is 19.6.